The van der Waals surface area contributed by atoms with Crippen LogP contribution in [0.2, 0.25) is 0 Å². The van der Waals surface area contributed by atoms with E-state index in [-0.39, 0.29) is 23.6 Å². The van der Waals surface area contributed by atoms with Gasteiger partial charge in [0.05, 0.1) is 16.7 Å². The van der Waals surface area contributed by atoms with Gasteiger partial charge in [-0.25, -0.2) is 4.39 Å². The van der Waals surface area contributed by atoms with Crippen molar-refractivity contribution >= 4 is 40.5 Å². The number of anilines is 1. The highest BCUT2D eigenvalue weighted by Crippen LogP contribution is 2.43. The number of nitrogens with zero attached hydrogens (tertiary/aromatic N) is 3. The van der Waals surface area contributed by atoms with E-state index in [2.05, 4.69) is 10.3 Å². The summed E-state index contributed by atoms with van der Waals surface area (Å²) >= 11 is 7.32. The fourth-order valence-electron chi connectivity index (χ4n) is 4.65. The second-order valence-corrected chi connectivity index (χ2v) is 10.6. The van der Waals surface area contributed by atoms with Crippen LogP contribution in [-0.4, -0.2) is 15.0 Å². The van der Waals surface area contributed by atoms with Crippen LogP contribution in [0.4, 0.5) is 15.8 Å². The van der Waals surface area contributed by atoms with Gasteiger partial charge in [-0.1, -0.05) is 17.8 Å². The Kier molecular flexibility index (Phi) is 7.02. The lowest BCUT2D eigenvalue weighted by molar-refractivity contribution is -0.384. The van der Waals surface area contributed by atoms with Crippen LogP contribution < -0.4 is 10.2 Å². The lowest BCUT2D eigenvalue weighted by atomic mass is 10.0. The van der Waals surface area contributed by atoms with Crippen LogP contribution in [0.5, 0.6) is 0 Å². The zero-order chi connectivity index (χ0) is 27.6. The van der Waals surface area contributed by atoms with E-state index in [1.54, 1.807) is 30.5 Å². The molecular formula is C30H21FN4O3S2. The predicted molar refractivity (Wildman–Crippen MR) is 156 cm³/mol. The van der Waals surface area contributed by atoms with Crippen LogP contribution >= 0.6 is 24.0 Å². The smallest absolute Gasteiger partial charge is 0.269 e. The summed E-state index contributed by atoms with van der Waals surface area (Å²) in [7, 11) is 0. The highest BCUT2D eigenvalue weighted by molar-refractivity contribution is 7.99. The Balaban J connectivity index is 1.31. The number of pyridine rings is 1. The van der Waals surface area contributed by atoms with Gasteiger partial charge in [0.25, 0.3) is 5.69 Å². The molecule has 0 saturated carbocycles. The molecule has 40 heavy (non-hydrogen) atoms. The van der Waals surface area contributed by atoms with Crippen molar-refractivity contribution in [3.05, 3.63) is 137 Å². The van der Waals surface area contributed by atoms with Crippen molar-refractivity contribution in [3.63, 3.8) is 0 Å². The molecule has 3 aromatic carbocycles. The maximum atomic E-state index is 13.5. The number of non-ortho nitro benzene ring substituents is 1. The number of nitro benzene ring substituents is 1. The number of furan rings is 1. The average Bonchev–Trinajstić information content (AvgIpc) is 3.59. The van der Waals surface area contributed by atoms with E-state index in [1.807, 2.05) is 59.5 Å². The molecular weight excluding hydrogens is 547 g/mol. The third-order valence-corrected chi connectivity index (χ3v) is 7.87. The summed E-state index contributed by atoms with van der Waals surface area (Å²) in [4.78, 5) is 19.0. The van der Waals surface area contributed by atoms with Crippen LogP contribution in [0.3, 0.4) is 0 Å². The van der Waals surface area contributed by atoms with Gasteiger partial charge in [-0.3, -0.25) is 15.1 Å². The van der Waals surface area contributed by atoms with Crippen LogP contribution in [0.15, 0.2) is 124 Å². The lowest BCUT2D eigenvalue weighted by Gasteiger charge is -2.26. The lowest BCUT2D eigenvalue weighted by Crippen LogP contribution is -2.29. The van der Waals surface area contributed by atoms with Gasteiger partial charge in [0, 0.05) is 39.4 Å². The molecule has 1 N–H and O–H groups in total. The first-order valence-electron chi connectivity index (χ1n) is 12.3. The molecule has 1 aliphatic rings. The summed E-state index contributed by atoms with van der Waals surface area (Å²) in [6.45, 7) is 0. The summed E-state index contributed by atoms with van der Waals surface area (Å²) in [6, 6.07) is 29.5. The monoisotopic (exact) mass is 568 g/mol. The van der Waals surface area contributed by atoms with E-state index in [0.717, 1.165) is 26.7 Å². The first kappa shape index (κ1) is 25.7. The molecule has 0 amide bonds. The summed E-state index contributed by atoms with van der Waals surface area (Å²) in [5, 5.41) is 14.9. The largest absolute Gasteiger partial charge is 0.459 e. The number of rotatable bonds is 7. The number of benzene rings is 3. The highest BCUT2D eigenvalue weighted by atomic mass is 32.2. The van der Waals surface area contributed by atoms with Crippen LogP contribution in [0, 0.1) is 15.9 Å². The maximum absolute atomic E-state index is 13.5. The Bertz CT molecular complexity index is 1660. The van der Waals surface area contributed by atoms with E-state index in [9.17, 15) is 14.5 Å². The zero-order valence-corrected chi connectivity index (χ0v) is 22.4. The molecule has 0 radical (unpaired) electrons. The van der Waals surface area contributed by atoms with Crippen LogP contribution in [0.25, 0.3) is 11.3 Å². The molecule has 5 aromatic rings. The predicted octanol–water partition coefficient (Wildman–Crippen LogP) is 7.72. The van der Waals surface area contributed by atoms with Crippen molar-refractivity contribution in [2.75, 3.05) is 4.90 Å². The zero-order valence-electron chi connectivity index (χ0n) is 20.8. The summed E-state index contributed by atoms with van der Waals surface area (Å²) < 4.78 is 19.8. The molecule has 1 aliphatic heterocycles. The van der Waals surface area contributed by atoms with Crippen molar-refractivity contribution in [2.45, 2.75) is 21.9 Å². The number of hydrogen-bond donors (Lipinski definition) is 1. The van der Waals surface area contributed by atoms with Gasteiger partial charge in [0.1, 0.15) is 23.4 Å². The molecule has 0 spiro atoms. The van der Waals surface area contributed by atoms with Gasteiger partial charge in [0.15, 0.2) is 5.11 Å². The summed E-state index contributed by atoms with van der Waals surface area (Å²) in [5.41, 5.74) is 2.52. The average molecular weight is 569 g/mol. The third-order valence-electron chi connectivity index (χ3n) is 6.54. The Labute approximate surface area is 238 Å². The number of aromatic nitrogens is 1. The molecule has 7 nitrogen and oxygen atoms in total. The second kappa shape index (κ2) is 10.9. The SMILES string of the molecule is O=[N+]([O-])c1ccc(Sc2ccc(N3C(=S)N[C@@H](c4ccccn4)[C@@H]3c3ccc(-c4ccc(F)cc4)o3)cc2)cc1. The normalized spacial score (nSPS) is 16.6. The van der Waals surface area contributed by atoms with E-state index in [1.165, 1.54) is 36.0 Å². The van der Waals surface area contributed by atoms with Crippen molar-refractivity contribution in [3.8, 4) is 11.3 Å². The van der Waals surface area contributed by atoms with Gasteiger partial charge in [-0.15, -0.1) is 0 Å². The maximum Gasteiger partial charge on any atom is 0.269 e. The molecule has 2 atom stereocenters. The number of nitro groups is 1. The fraction of sp³-hybridized carbons (Fsp3) is 0.0667. The molecule has 2 aromatic heterocycles. The van der Waals surface area contributed by atoms with Gasteiger partial charge in [-0.05, 0) is 97.1 Å². The molecule has 3 heterocycles. The number of hydrogen-bond acceptors (Lipinski definition) is 6. The molecule has 198 valence electrons. The molecule has 6 rings (SSSR count). The molecule has 0 bridgehead atoms. The summed E-state index contributed by atoms with van der Waals surface area (Å²) in [6.07, 6.45) is 1.75. The summed E-state index contributed by atoms with van der Waals surface area (Å²) in [5.74, 6) is 1.01. The van der Waals surface area contributed by atoms with Crippen molar-refractivity contribution in [1.82, 2.24) is 10.3 Å². The van der Waals surface area contributed by atoms with Crippen LogP contribution in [-0.2, 0) is 0 Å². The Morgan fingerprint density at radius 2 is 1.62 bits per heavy atom. The minimum Gasteiger partial charge on any atom is -0.459 e. The van der Waals surface area contributed by atoms with Crippen molar-refractivity contribution < 1.29 is 13.7 Å². The molecule has 10 heteroatoms. The quantitative estimate of drug-likeness (QED) is 0.121. The van der Waals surface area contributed by atoms with Crippen LogP contribution in [0.1, 0.15) is 23.5 Å². The van der Waals surface area contributed by atoms with Gasteiger partial charge < -0.3 is 14.6 Å². The minimum atomic E-state index is -0.410. The van der Waals surface area contributed by atoms with Crippen molar-refractivity contribution in [2.24, 2.45) is 0 Å². The first-order valence-corrected chi connectivity index (χ1v) is 13.6. The number of thiocarbonyl (C=S) groups is 1. The van der Waals surface area contributed by atoms with E-state index >= 15 is 0 Å². The van der Waals surface area contributed by atoms with Gasteiger partial charge >= 0.3 is 0 Å². The topological polar surface area (TPSA) is 84.4 Å². The number of nitrogens with one attached hydrogen (secondary N) is 1. The minimum absolute atomic E-state index is 0.0590. The molecule has 0 unspecified atom stereocenters. The molecule has 1 saturated heterocycles. The first-order chi connectivity index (χ1) is 19.5. The fourth-order valence-corrected chi connectivity index (χ4v) is 5.81. The Morgan fingerprint density at radius 1 is 0.925 bits per heavy atom. The molecule has 1 fully saturated rings. The Hall–Kier alpha value is -4.54. The highest BCUT2D eigenvalue weighted by Gasteiger charge is 2.42. The third kappa shape index (κ3) is 5.18. The number of halogens is 1. The van der Waals surface area contributed by atoms with Crippen molar-refractivity contribution in [1.29, 1.82) is 0 Å². The second-order valence-electron chi connectivity index (χ2n) is 9.05. The van der Waals surface area contributed by atoms with E-state index in [4.69, 9.17) is 16.6 Å². The Morgan fingerprint density at radius 3 is 2.27 bits per heavy atom. The molecule has 0 aliphatic carbocycles. The van der Waals surface area contributed by atoms with Gasteiger partial charge in [0.2, 0.25) is 0 Å². The van der Waals surface area contributed by atoms with E-state index in [0.29, 0.717) is 16.6 Å². The van der Waals surface area contributed by atoms with E-state index < -0.39 is 4.92 Å². The standard InChI is InChI=1S/C30H21FN4O3S2/c31-20-6-4-19(5-7-20)26-16-17-27(38-26)29-28(25-3-1-2-18-32-25)33-30(39)34(29)21-8-12-23(13-9-21)40-24-14-10-22(11-15-24)35(36)37/h1-18,28-29H,(H,33,39)/t28-,29-/m0/s1. The van der Waals surface area contributed by atoms with Gasteiger partial charge in [-0.2, -0.15) is 0 Å².